The molecule has 1 heterocycles. The van der Waals surface area contributed by atoms with Crippen molar-refractivity contribution in [2.45, 2.75) is 19.4 Å². The van der Waals surface area contributed by atoms with Crippen LogP contribution in [0.3, 0.4) is 0 Å². The van der Waals surface area contributed by atoms with Crippen molar-refractivity contribution in [3.8, 4) is 0 Å². The van der Waals surface area contributed by atoms with Crippen LogP contribution in [0.2, 0.25) is 0 Å². The standard InChI is InChI=1S/C15H20BrN3O2.ClH/c1-10(9-17)18(2)14(20)13-6-7-19(15(13)21)12-5-3-4-11(16)8-12;/h3-5,8,10,13H,6-7,9,17H2,1-2H3;1H. The Hall–Kier alpha value is -1.11. The number of carbonyl (C=O) groups is 2. The maximum Gasteiger partial charge on any atom is 0.239 e. The minimum atomic E-state index is -0.594. The molecule has 1 aromatic carbocycles. The van der Waals surface area contributed by atoms with Gasteiger partial charge in [-0.3, -0.25) is 9.59 Å². The summed E-state index contributed by atoms with van der Waals surface area (Å²) in [4.78, 5) is 28.2. The van der Waals surface area contributed by atoms with Gasteiger partial charge in [-0.1, -0.05) is 22.0 Å². The van der Waals surface area contributed by atoms with Gasteiger partial charge in [0.25, 0.3) is 0 Å². The van der Waals surface area contributed by atoms with Crippen LogP contribution in [0.5, 0.6) is 0 Å². The molecule has 2 amide bonds. The van der Waals surface area contributed by atoms with Crippen LogP contribution in [-0.4, -0.2) is 42.9 Å². The molecule has 2 rings (SSSR count). The smallest absolute Gasteiger partial charge is 0.239 e. The molecule has 0 spiro atoms. The normalized spacial score (nSPS) is 18.8. The number of rotatable bonds is 4. The first-order valence-corrected chi connectivity index (χ1v) is 7.78. The summed E-state index contributed by atoms with van der Waals surface area (Å²) in [7, 11) is 1.70. The van der Waals surface area contributed by atoms with Crippen LogP contribution < -0.4 is 10.6 Å². The van der Waals surface area contributed by atoms with Crippen molar-refractivity contribution in [3.63, 3.8) is 0 Å². The van der Waals surface area contributed by atoms with Crippen molar-refractivity contribution in [1.29, 1.82) is 0 Å². The molecule has 1 saturated heterocycles. The number of nitrogens with two attached hydrogens (primary N) is 1. The van der Waals surface area contributed by atoms with E-state index in [1.54, 1.807) is 16.8 Å². The molecule has 1 aliphatic rings. The van der Waals surface area contributed by atoms with Crippen LogP contribution in [0.25, 0.3) is 0 Å². The minimum absolute atomic E-state index is 0. The summed E-state index contributed by atoms with van der Waals surface area (Å²) in [6.45, 7) is 2.83. The van der Waals surface area contributed by atoms with Gasteiger partial charge in [0.1, 0.15) is 5.92 Å². The van der Waals surface area contributed by atoms with E-state index in [0.29, 0.717) is 19.5 Å². The molecule has 2 N–H and O–H groups in total. The summed E-state index contributed by atoms with van der Waals surface area (Å²) in [5.41, 5.74) is 6.40. The second kappa shape index (κ2) is 7.94. The molecule has 0 bridgehead atoms. The first kappa shape index (κ1) is 18.9. The molecule has 0 radical (unpaired) electrons. The molecule has 0 aliphatic carbocycles. The fourth-order valence-corrected chi connectivity index (χ4v) is 2.82. The number of anilines is 1. The summed E-state index contributed by atoms with van der Waals surface area (Å²) < 4.78 is 0.913. The average molecular weight is 391 g/mol. The van der Waals surface area contributed by atoms with Gasteiger partial charge >= 0.3 is 0 Å². The van der Waals surface area contributed by atoms with Crippen molar-refractivity contribution < 1.29 is 9.59 Å². The van der Waals surface area contributed by atoms with Gasteiger partial charge in [-0.15, -0.1) is 12.4 Å². The molecular weight excluding hydrogens is 370 g/mol. The minimum Gasteiger partial charge on any atom is -0.341 e. The number of hydrogen-bond acceptors (Lipinski definition) is 3. The fourth-order valence-electron chi connectivity index (χ4n) is 2.43. The Kier molecular flexibility index (Phi) is 6.84. The number of hydrogen-bond donors (Lipinski definition) is 1. The van der Waals surface area contributed by atoms with Crippen LogP contribution in [0.15, 0.2) is 28.7 Å². The molecule has 0 aromatic heterocycles. The Morgan fingerprint density at radius 3 is 2.82 bits per heavy atom. The van der Waals surface area contributed by atoms with Crippen molar-refractivity contribution in [3.05, 3.63) is 28.7 Å². The second-order valence-corrected chi connectivity index (χ2v) is 6.26. The Balaban J connectivity index is 0.00000242. The molecule has 22 heavy (non-hydrogen) atoms. The number of likely N-dealkylation sites (N-methyl/N-ethyl adjacent to an activating group) is 1. The Labute approximate surface area is 145 Å². The van der Waals surface area contributed by atoms with Crippen LogP contribution in [0.1, 0.15) is 13.3 Å². The highest BCUT2D eigenvalue weighted by molar-refractivity contribution is 9.10. The topological polar surface area (TPSA) is 66.6 Å². The second-order valence-electron chi connectivity index (χ2n) is 5.34. The first-order chi connectivity index (χ1) is 9.95. The number of carbonyl (C=O) groups excluding carboxylic acids is 2. The molecule has 1 fully saturated rings. The SMILES string of the molecule is CC(CN)N(C)C(=O)C1CCN(c2cccc(Br)c2)C1=O.Cl. The van der Waals surface area contributed by atoms with Gasteiger partial charge in [0.15, 0.2) is 0 Å². The van der Waals surface area contributed by atoms with E-state index in [-0.39, 0.29) is 30.3 Å². The van der Waals surface area contributed by atoms with Gasteiger partial charge in [0.2, 0.25) is 11.8 Å². The molecular formula is C15H21BrClN3O2. The fraction of sp³-hybridized carbons (Fsp3) is 0.467. The maximum absolute atomic E-state index is 12.5. The monoisotopic (exact) mass is 389 g/mol. The predicted molar refractivity (Wildman–Crippen MR) is 93.1 cm³/mol. The van der Waals surface area contributed by atoms with Crippen molar-refractivity contribution in [2.24, 2.45) is 11.7 Å². The summed E-state index contributed by atoms with van der Waals surface area (Å²) >= 11 is 3.40. The third kappa shape index (κ3) is 3.80. The lowest BCUT2D eigenvalue weighted by Crippen LogP contribution is -2.44. The zero-order chi connectivity index (χ0) is 15.6. The largest absolute Gasteiger partial charge is 0.341 e. The van der Waals surface area contributed by atoms with Crippen LogP contribution in [-0.2, 0) is 9.59 Å². The summed E-state index contributed by atoms with van der Waals surface area (Å²) in [6, 6.07) is 7.48. The Morgan fingerprint density at radius 1 is 1.55 bits per heavy atom. The summed E-state index contributed by atoms with van der Waals surface area (Å²) in [5, 5.41) is 0. The molecule has 2 atom stereocenters. The molecule has 5 nitrogen and oxygen atoms in total. The van der Waals surface area contributed by atoms with Crippen LogP contribution in [0, 0.1) is 5.92 Å². The lowest BCUT2D eigenvalue weighted by molar-refractivity contribution is -0.140. The van der Waals surface area contributed by atoms with Gasteiger partial charge in [-0.25, -0.2) is 0 Å². The Morgan fingerprint density at radius 2 is 2.23 bits per heavy atom. The first-order valence-electron chi connectivity index (χ1n) is 6.99. The number of nitrogens with zero attached hydrogens (tertiary/aromatic N) is 2. The van der Waals surface area contributed by atoms with E-state index in [1.807, 2.05) is 31.2 Å². The third-order valence-electron chi connectivity index (χ3n) is 3.97. The number of amides is 2. The van der Waals surface area contributed by atoms with Crippen molar-refractivity contribution in [1.82, 2.24) is 4.90 Å². The number of benzene rings is 1. The third-order valence-corrected chi connectivity index (χ3v) is 4.47. The highest BCUT2D eigenvalue weighted by Gasteiger charge is 2.39. The highest BCUT2D eigenvalue weighted by Crippen LogP contribution is 2.28. The number of halogens is 2. The lowest BCUT2D eigenvalue weighted by Gasteiger charge is -2.26. The van der Waals surface area contributed by atoms with E-state index in [9.17, 15) is 9.59 Å². The van der Waals surface area contributed by atoms with Crippen LogP contribution in [0.4, 0.5) is 5.69 Å². The molecule has 0 saturated carbocycles. The zero-order valence-electron chi connectivity index (χ0n) is 12.7. The maximum atomic E-state index is 12.5. The van der Waals surface area contributed by atoms with Crippen molar-refractivity contribution >= 4 is 45.8 Å². The summed E-state index contributed by atoms with van der Waals surface area (Å²) in [5.74, 6) is -0.868. The molecule has 1 aliphatic heterocycles. The predicted octanol–water partition coefficient (Wildman–Crippen LogP) is 2.03. The van der Waals surface area contributed by atoms with Crippen molar-refractivity contribution in [2.75, 3.05) is 25.0 Å². The van der Waals surface area contributed by atoms with Gasteiger partial charge in [0.05, 0.1) is 0 Å². The van der Waals surface area contributed by atoms with E-state index in [2.05, 4.69) is 15.9 Å². The molecule has 1 aromatic rings. The van der Waals surface area contributed by atoms with Gasteiger partial charge in [0, 0.05) is 36.3 Å². The van der Waals surface area contributed by atoms with E-state index >= 15 is 0 Å². The van der Waals surface area contributed by atoms with Gasteiger partial charge in [-0.05, 0) is 31.5 Å². The molecule has 2 unspecified atom stereocenters. The Bertz CT molecular complexity index is 555. The van der Waals surface area contributed by atoms with Gasteiger partial charge < -0.3 is 15.5 Å². The lowest BCUT2D eigenvalue weighted by atomic mass is 10.1. The quantitative estimate of drug-likeness (QED) is 0.800. The van der Waals surface area contributed by atoms with Crippen LogP contribution >= 0.6 is 28.3 Å². The van der Waals surface area contributed by atoms with E-state index in [0.717, 1.165) is 10.2 Å². The van der Waals surface area contributed by atoms with E-state index in [4.69, 9.17) is 5.73 Å². The average Bonchev–Trinajstić information content (AvgIpc) is 2.86. The zero-order valence-corrected chi connectivity index (χ0v) is 15.1. The molecule has 7 heteroatoms. The van der Waals surface area contributed by atoms with E-state index in [1.165, 1.54) is 0 Å². The summed E-state index contributed by atoms with van der Waals surface area (Å²) in [6.07, 6.45) is 0.547. The van der Waals surface area contributed by atoms with Gasteiger partial charge in [-0.2, -0.15) is 0 Å². The molecule has 122 valence electrons. The van der Waals surface area contributed by atoms with E-state index < -0.39 is 5.92 Å². The highest BCUT2D eigenvalue weighted by atomic mass is 79.9.